The summed E-state index contributed by atoms with van der Waals surface area (Å²) in [6, 6.07) is 14.0. The summed E-state index contributed by atoms with van der Waals surface area (Å²) in [6.07, 6.45) is 1.71. The first-order valence-corrected chi connectivity index (χ1v) is 9.04. The Morgan fingerprint density at radius 1 is 1.22 bits per heavy atom. The first kappa shape index (κ1) is 19.0. The van der Waals surface area contributed by atoms with Gasteiger partial charge in [0, 0.05) is 11.1 Å². The Hall–Kier alpha value is -2.73. The van der Waals surface area contributed by atoms with Crippen molar-refractivity contribution in [3.8, 4) is 0 Å². The molecule has 1 N–H and O–H groups in total. The van der Waals surface area contributed by atoms with Crippen molar-refractivity contribution in [1.82, 2.24) is 15.5 Å². The van der Waals surface area contributed by atoms with Crippen molar-refractivity contribution in [2.75, 3.05) is 0 Å². The van der Waals surface area contributed by atoms with Crippen LogP contribution in [0.2, 0.25) is 5.02 Å². The molecule has 0 radical (unpaired) electrons. The summed E-state index contributed by atoms with van der Waals surface area (Å²) in [4.78, 5) is 12.4. The van der Waals surface area contributed by atoms with Crippen LogP contribution in [-0.2, 0) is 12.8 Å². The van der Waals surface area contributed by atoms with Gasteiger partial charge in [0.25, 0.3) is 0 Å². The van der Waals surface area contributed by atoms with Crippen molar-refractivity contribution >= 4 is 17.5 Å². The third-order valence-corrected chi connectivity index (χ3v) is 4.52. The standard InChI is InChI=1S/C20H19ClFN3O2/c1-2-16(10-13-6-4-3-5-7-13)23-19(26)20-25-24-18(27-20)11-14-8-9-15(22)12-17(14)21/h3-9,12,16H,2,10-11H2,1H3,(H,23,26). The van der Waals surface area contributed by atoms with Gasteiger partial charge in [-0.05, 0) is 36.1 Å². The van der Waals surface area contributed by atoms with E-state index in [1.54, 1.807) is 6.07 Å². The molecule has 0 saturated heterocycles. The van der Waals surface area contributed by atoms with E-state index in [0.29, 0.717) is 5.56 Å². The molecular weight excluding hydrogens is 369 g/mol. The highest BCUT2D eigenvalue weighted by atomic mass is 35.5. The SMILES string of the molecule is CCC(Cc1ccccc1)NC(=O)c1nnc(Cc2ccc(F)cc2Cl)o1. The van der Waals surface area contributed by atoms with Gasteiger partial charge in [-0.2, -0.15) is 0 Å². The zero-order valence-electron chi connectivity index (χ0n) is 14.8. The van der Waals surface area contributed by atoms with Gasteiger partial charge in [0.1, 0.15) is 5.82 Å². The van der Waals surface area contributed by atoms with E-state index >= 15 is 0 Å². The van der Waals surface area contributed by atoms with Crippen molar-refractivity contribution in [3.05, 3.63) is 82.3 Å². The molecule has 7 heteroatoms. The molecule has 0 spiro atoms. The number of carbonyl (C=O) groups is 1. The van der Waals surface area contributed by atoms with Crippen LogP contribution in [0.4, 0.5) is 4.39 Å². The number of aromatic nitrogens is 2. The number of hydrogen-bond donors (Lipinski definition) is 1. The predicted molar refractivity (Wildman–Crippen MR) is 100 cm³/mol. The molecule has 1 atom stereocenters. The second-order valence-electron chi connectivity index (χ2n) is 6.18. The predicted octanol–water partition coefficient (Wildman–Crippen LogP) is 4.20. The summed E-state index contributed by atoms with van der Waals surface area (Å²) in [5.41, 5.74) is 1.78. The molecule has 0 aliphatic heterocycles. The first-order chi connectivity index (χ1) is 13.0. The quantitative estimate of drug-likeness (QED) is 0.659. The average Bonchev–Trinajstić information content (AvgIpc) is 3.13. The van der Waals surface area contributed by atoms with E-state index < -0.39 is 11.7 Å². The van der Waals surface area contributed by atoms with Crippen LogP contribution in [0.25, 0.3) is 0 Å². The van der Waals surface area contributed by atoms with Crippen molar-refractivity contribution in [2.24, 2.45) is 0 Å². The molecule has 0 fully saturated rings. The van der Waals surface area contributed by atoms with Crippen LogP contribution in [0.5, 0.6) is 0 Å². The third-order valence-electron chi connectivity index (χ3n) is 4.17. The highest BCUT2D eigenvalue weighted by Crippen LogP contribution is 2.20. The normalized spacial score (nSPS) is 12.0. The molecule has 27 heavy (non-hydrogen) atoms. The third kappa shape index (κ3) is 5.14. The summed E-state index contributed by atoms with van der Waals surface area (Å²) in [5.74, 6) is -0.695. The lowest BCUT2D eigenvalue weighted by Crippen LogP contribution is -2.36. The number of carbonyl (C=O) groups excluding carboxylic acids is 1. The van der Waals surface area contributed by atoms with Gasteiger partial charge < -0.3 is 9.73 Å². The second-order valence-corrected chi connectivity index (χ2v) is 6.59. The highest BCUT2D eigenvalue weighted by Gasteiger charge is 2.19. The number of amides is 1. The Morgan fingerprint density at radius 3 is 2.70 bits per heavy atom. The smallest absolute Gasteiger partial charge is 0.309 e. The lowest BCUT2D eigenvalue weighted by molar-refractivity contribution is 0.0899. The van der Waals surface area contributed by atoms with E-state index in [-0.39, 0.29) is 29.3 Å². The molecule has 5 nitrogen and oxygen atoms in total. The van der Waals surface area contributed by atoms with Gasteiger partial charge in [-0.1, -0.05) is 54.9 Å². The summed E-state index contributed by atoms with van der Waals surface area (Å²) >= 11 is 6.00. The lowest BCUT2D eigenvalue weighted by atomic mass is 10.0. The Morgan fingerprint density at radius 2 is 2.00 bits per heavy atom. The van der Waals surface area contributed by atoms with Crippen LogP contribution >= 0.6 is 11.6 Å². The average molecular weight is 388 g/mol. The molecular formula is C20H19ClFN3O2. The maximum absolute atomic E-state index is 13.1. The maximum Gasteiger partial charge on any atom is 0.309 e. The zero-order chi connectivity index (χ0) is 19.2. The molecule has 0 aliphatic carbocycles. The van der Waals surface area contributed by atoms with Crippen LogP contribution in [0, 0.1) is 5.82 Å². The van der Waals surface area contributed by atoms with Crippen LogP contribution in [0.3, 0.4) is 0 Å². The van der Waals surface area contributed by atoms with Gasteiger partial charge in [0.2, 0.25) is 5.89 Å². The van der Waals surface area contributed by atoms with Crippen molar-refractivity contribution in [3.63, 3.8) is 0 Å². The summed E-state index contributed by atoms with van der Waals surface area (Å²) in [7, 11) is 0. The van der Waals surface area contributed by atoms with Crippen LogP contribution < -0.4 is 5.32 Å². The van der Waals surface area contributed by atoms with E-state index in [1.165, 1.54) is 12.1 Å². The Bertz CT molecular complexity index is 915. The Balaban J connectivity index is 1.63. The Kier molecular flexibility index (Phi) is 6.19. The second kappa shape index (κ2) is 8.77. The summed E-state index contributed by atoms with van der Waals surface area (Å²) < 4.78 is 18.6. The molecule has 3 aromatic rings. The number of benzene rings is 2. The van der Waals surface area contributed by atoms with Gasteiger partial charge in [0.05, 0.1) is 6.42 Å². The largest absolute Gasteiger partial charge is 0.417 e. The molecule has 1 unspecified atom stereocenters. The minimum atomic E-state index is -0.418. The van der Waals surface area contributed by atoms with E-state index in [2.05, 4.69) is 15.5 Å². The molecule has 140 valence electrons. The number of hydrogen-bond acceptors (Lipinski definition) is 4. The molecule has 0 saturated carbocycles. The van der Waals surface area contributed by atoms with Gasteiger partial charge in [-0.3, -0.25) is 4.79 Å². The van der Waals surface area contributed by atoms with E-state index in [0.717, 1.165) is 18.4 Å². The van der Waals surface area contributed by atoms with E-state index in [4.69, 9.17) is 16.0 Å². The molecule has 2 aromatic carbocycles. The molecule has 0 aliphatic rings. The topological polar surface area (TPSA) is 68.0 Å². The van der Waals surface area contributed by atoms with Crippen molar-refractivity contribution in [2.45, 2.75) is 32.2 Å². The van der Waals surface area contributed by atoms with Crippen LogP contribution in [0.1, 0.15) is 41.0 Å². The summed E-state index contributed by atoms with van der Waals surface area (Å²) in [6.45, 7) is 2.00. The molecule has 1 aromatic heterocycles. The maximum atomic E-state index is 13.1. The van der Waals surface area contributed by atoms with Crippen molar-refractivity contribution < 1.29 is 13.6 Å². The first-order valence-electron chi connectivity index (χ1n) is 8.66. The zero-order valence-corrected chi connectivity index (χ0v) is 15.5. The monoisotopic (exact) mass is 387 g/mol. The molecule has 1 heterocycles. The molecule has 1 amide bonds. The van der Waals surface area contributed by atoms with Gasteiger partial charge in [0.15, 0.2) is 0 Å². The molecule has 0 bridgehead atoms. The minimum absolute atomic E-state index is 0.0400. The highest BCUT2D eigenvalue weighted by molar-refractivity contribution is 6.31. The van der Waals surface area contributed by atoms with Gasteiger partial charge in [-0.25, -0.2) is 4.39 Å². The Labute approximate surface area is 161 Å². The van der Waals surface area contributed by atoms with Gasteiger partial charge >= 0.3 is 11.8 Å². The summed E-state index contributed by atoms with van der Waals surface area (Å²) in [5, 5.41) is 10.9. The number of rotatable bonds is 7. The van der Waals surface area contributed by atoms with Gasteiger partial charge in [-0.15, -0.1) is 10.2 Å². The van der Waals surface area contributed by atoms with Crippen molar-refractivity contribution in [1.29, 1.82) is 0 Å². The number of halogens is 2. The van der Waals surface area contributed by atoms with E-state index in [1.807, 2.05) is 37.3 Å². The fourth-order valence-electron chi connectivity index (χ4n) is 2.69. The van der Waals surface area contributed by atoms with Crippen LogP contribution in [0.15, 0.2) is 52.9 Å². The number of nitrogens with zero attached hydrogens (tertiary/aromatic N) is 2. The molecule has 3 rings (SSSR count). The fourth-order valence-corrected chi connectivity index (χ4v) is 2.92. The number of nitrogens with one attached hydrogen (secondary N) is 1. The lowest BCUT2D eigenvalue weighted by Gasteiger charge is -2.15. The van der Waals surface area contributed by atoms with Crippen LogP contribution in [-0.4, -0.2) is 22.1 Å². The van der Waals surface area contributed by atoms with E-state index in [9.17, 15) is 9.18 Å². The fraction of sp³-hybridized carbons (Fsp3) is 0.250. The minimum Gasteiger partial charge on any atom is -0.417 e.